The van der Waals surface area contributed by atoms with Crippen LogP contribution in [-0.2, 0) is 21.1 Å². The zero-order valence-electron chi connectivity index (χ0n) is 9.55. The minimum Gasteiger partial charge on any atom is -0.566 e. The van der Waals surface area contributed by atoms with Crippen molar-refractivity contribution in [2.45, 2.75) is 0 Å². The molecule has 0 aliphatic carbocycles. The monoisotopic (exact) mass is 288 g/mol. The highest BCUT2D eigenvalue weighted by Gasteiger charge is 2.31. The first-order valence-electron chi connectivity index (χ1n) is 4.83. The van der Waals surface area contributed by atoms with E-state index in [0.717, 1.165) is 11.3 Å². The molecule has 0 bridgehead atoms. The minimum absolute atomic E-state index is 0.120. The number of methoxy groups -OCH3 is 1. The van der Waals surface area contributed by atoms with Crippen molar-refractivity contribution in [3.63, 3.8) is 0 Å². The average molecular weight is 288 g/mol. The Kier molecular flexibility index (Phi) is 3.69. The molecule has 5 nitrogen and oxygen atoms in total. The highest BCUT2D eigenvalue weighted by Crippen LogP contribution is 2.23. The Balaban J connectivity index is 2.40. The number of esters is 1. The topological polar surface area (TPSA) is 65.0 Å². The summed E-state index contributed by atoms with van der Waals surface area (Å²) in [4.78, 5) is 12.0. The maximum absolute atomic E-state index is 12.9. The van der Waals surface area contributed by atoms with Crippen LogP contribution in [0.25, 0.3) is 0 Å². The number of ether oxygens (including phenoxy) is 1. The van der Waals surface area contributed by atoms with Crippen LogP contribution >= 0.6 is 11.3 Å². The molecule has 0 aromatic carbocycles. The smallest absolute Gasteiger partial charge is 0.359 e. The molecule has 2 heterocycles. The zero-order valence-corrected chi connectivity index (χ0v) is 11.2. The van der Waals surface area contributed by atoms with Gasteiger partial charge in [-0.3, -0.25) is 0 Å². The first-order chi connectivity index (χ1) is 8.52. The fourth-order valence-corrected chi connectivity index (χ4v) is 2.82. The third kappa shape index (κ3) is 2.40. The number of hydrogen-bond acceptors (Lipinski definition) is 6. The van der Waals surface area contributed by atoms with E-state index in [1.54, 1.807) is 0 Å². The number of allylic oxidation sites excluding steroid dienone is 1. The van der Waals surface area contributed by atoms with Gasteiger partial charge in [0.2, 0.25) is 11.5 Å². The summed E-state index contributed by atoms with van der Waals surface area (Å²) in [5.74, 6) is -0.615. The van der Waals surface area contributed by atoms with E-state index >= 15 is 0 Å². The Bertz CT molecular complexity index is 541. The fraction of sp³-hybridized carbons (Fsp3) is 0.200. The molecule has 2 rings (SSSR count). The molecule has 0 radical (unpaired) electrons. The van der Waals surface area contributed by atoms with Crippen LogP contribution in [0.3, 0.4) is 0 Å². The van der Waals surface area contributed by atoms with Gasteiger partial charge in [0, 0.05) is 6.08 Å². The lowest BCUT2D eigenvalue weighted by Gasteiger charge is -2.21. The van der Waals surface area contributed by atoms with Gasteiger partial charge in [-0.05, 0) is 16.5 Å². The van der Waals surface area contributed by atoms with Gasteiger partial charge in [0.15, 0.2) is 10.8 Å². The van der Waals surface area contributed by atoms with E-state index in [9.17, 15) is 13.7 Å². The van der Waals surface area contributed by atoms with Gasteiger partial charge in [-0.15, -0.1) is 11.3 Å². The van der Waals surface area contributed by atoms with Gasteiger partial charge in [-0.2, -0.15) is 8.70 Å². The first kappa shape index (κ1) is 13.1. The summed E-state index contributed by atoms with van der Waals surface area (Å²) in [7, 11) is 2.70. The Morgan fingerprint density at radius 3 is 2.89 bits per heavy atom. The number of likely N-dealkylation sites (N-methyl/N-ethyl adjacent to an activating group) is 1. The maximum atomic E-state index is 12.9. The number of nitrogens with zero attached hydrogens (tertiary/aromatic N) is 2. The molecule has 0 saturated heterocycles. The maximum Gasteiger partial charge on any atom is 0.359 e. The molecule has 1 aliphatic heterocycles. The lowest BCUT2D eigenvalue weighted by atomic mass is 10.2. The lowest BCUT2D eigenvalue weighted by molar-refractivity contribution is -0.137. The molecule has 1 unspecified atom stereocenters. The van der Waals surface area contributed by atoms with Crippen molar-refractivity contribution in [2.75, 3.05) is 14.2 Å². The number of halogens is 1. The van der Waals surface area contributed by atoms with Crippen molar-refractivity contribution in [2.24, 2.45) is 4.40 Å². The van der Waals surface area contributed by atoms with Crippen molar-refractivity contribution < 1.29 is 18.5 Å². The van der Waals surface area contributed by atoms with E-state index in [2.05, 4.69) is 9.13 Å². The first-order valence-corrected chi connectivity index (χ1v) is 6.71. The van der Waals surface area contributed by atoms with Crippen LogP contribution in [-0.4, -0.2) is 34.7 Å². The van der Waals surface area contributed by atoms with Crippen LogP contribution in [0.15, 0.2) is 28.3 Å². The summed E-state index contributed by atoms with van der Waals surface area (Å²) in [5, 5.41) is -0.370. The van der Waals surface area contributed by atoms with Gasteiger partial charge in [0.25, 0.3) is 0 Å². The molecular weight excluding hydrogens is 279 g/mol. The second-order valence-electron chi connectivity index (χ2n) is 3.33. The predicted molar refractivity (Wildman–Crippen MR) is 66.8 cm³/mol. The number of rotatable bonds is 2. The Hall–Kier alpha value is -1.38. The van der Waals surface area contributed by atoms with E-state index in [4.69, 9.17) is 0 Å². The van der Waals surface area contributed by atoms with E-state index in [0.29, 0.717) is 10.6 Å². The van der Waals surface area contributed by atoms with Gasteiger partial charge in [-0.25, -0.2) is 4.79 Å². The average Bonchev–Trinajstić information content (AvgIpc) is 2.78. The van der Waals surface area contributed by atoms with Crippen molar-refractivity contribution in [3.8, 4) is 0 Å². The van der Waals surface area contributed by atoms with Crippen LogP contribution in [0.5, 0.6) is 0 Å². The minimum atomic E-state index is -1.72. The number of carbonyl (C=O) groups is 1. The number of carbonyl (C=O) groups excluding carboxylic acids is 1. The van der Waals surface area contributed by atoms with Gasteiger partial charge in [0.05, 0.1) is 19.0 Å². The molecule has 1 aliphatic rings. The van der Waals surface area contributed by atoms with Crippen LogP contribution in [0.1, 0.15) is 4.88 Å². The molecule has 0 N–H and O–H groups in total. The van der Waals surface area contributed by atoms with Crippen LogP contribution in [0.2, 0.25) is 0 Å². The molecule has 1 atom stereocenters. The molecule has 0 saturated carbocycles. The van der Waals surface area contributed by atoms with Crippen LogP contribution < -0.4 is 0 Å². The Morgan fingerprint density at radius 2 is 2.33 bits per heavy atom. The van der Waals surface area contributed by atoms with Crippen molar-refractivity contribution >= 4 is 34.6 Å². The van der Waals surface area contributed by atoms with E-state index in [-0.39, 0.29) is 10.8 Å². The molecule has 18 heavy (non-hydrogen) atoms. The highest BCUT2D eigenvalue weighted by atomic mass is 32.2. The SMILES string of the molecule is COC(=O)C1=CC(c2ccc(F)s2)=N[S+]([O-])N1C. The zero-order chi connectivity index (χ0) is 13.3. The summed E-state index contributed by atoms with van der Waals surface area (Å²) in [6.45, 7) is 0. The van der Waals surface area contributed by atoms with E-state index in [1.165, 1.54) is 36.7 Å². The molecule has 1 aromatic rings. The predicted octanol–water partition coefficient (Wildman–Crippen LogP) is 1.26. The summed E-state index contributed by atoms with van der Waals surface area (Å²) >= 11 is -0.850. The quantitative estimate of drug-likeness (QED) is 0.607. The van der Waals surface area contributed by atoms with Crippen LogP contribution in [0.4, 0.5) is 4.39 Å². The molecule has 0 fully saturated rings. The second kappa shape index (κ2) is 5.09. The largest absolute Gasteiger partial charge is 0.566 e. The summed E-state index contributed by atoms with van der Waals surface area (Å²) in [6.07, 6.45) is 1.43. The Labute approximate surface area is 110 Å². The third-order valence-corrected chi connectivity index (χ3v) is 4.16. The van der Waals surface area contributed by atoms with Crippen molar-refractivity contribution in [1.29, 1.82) is 0 Å². The highest BCUT2D eigenvalue weighted by molar-refractivity contribution is 7.88. The lowest BCUT2D eigenvalue weighted by Crippen LogP contribution is -2.33. The van der Waals surface area contributed by atoms with Gasteiger partial charge in [0.1, 0.15) is 5.71 Å². The molecule has 8 heteroatoms. The fourth-order valence-electron chi connectivity index (χ4n) is 1.34. The standard InChI is InChI=1S/C10H9FN2O3S2/c1-13-7(10(14)16-2)5-6(12-18(13)15)8-3-4-9(11)17-8/h3-5H,1-2H3. The molecule has 1 aromatic heterocycles. The molecule has 0 amide bonds. The second-order valence-corrected chi connectivity index (χ2v) is 5.56. The molecule has 0 spiro atoms. The molecule has 96 valence electrons. The number of hydrogen-bond donors (Lipinski definition) is 0. The van der Waals surface area contributed by atoms with Crippen LogP contribution in [0, 0.1) is 5.13 Å². The third-order valence-electron chi connectivity index (χ3n) is 2.24. The van der Waals surface area contributed by atoms with E-state index in [1.807, 2.05) is 0 Å². The number of thiophene rings is 1. The summed E-state index contributed by atoms with van der Waals surface area (Å²) in [5.41, 5.74) is 0.426. The summed E-state index contributed by atoms with van der Waals surface area (Å²) in [6, 6.07) is 2.81. The van der Waals surface area contributed by atoms with Crippen molar-refractivity contribution in [1.82, 2.24) is 4.31 Å². The normalized spacial score (nSPS) is 19.3. The van der Waals surface area contributed by atoms with Gasteiger partial charge in [-0.1, -0.05) is 0 Å². The van der Waals surface area contributed by atoms with Crippen molar-refractivity contribution in [3.05, 3.63) is 33.9 Å². The summed E-state index contributed by atoms with van der Waals surface area (Å²) < 4.78 is 34.3. The molecular formula is C10H9FN2O3S2. The Morgan fingerprint density at radius 1 is 1.61 bits per heavy atom. The van der Waals surface area contributed by atoms with E-state index < -0.39 is 17.5 Å². The van der Waals surface area contributed by atoms with Gasteiger partial charge < -0.3 is 9.29 Å². The van der Waals surface area contributed by atoms with Gasteiger partial charge >= 0.3 is 5.97 Å².